The number of rotatable bonds is 3. The standard InChI is InChI=1S/C13H22N2O3S/c1-2-13(11(16)17)6-4-7-15(13)12(18)14-10-5-3-8-19-9-10/h10H,2-9H2,1H3,(H,14,18)(H,16,17). The van der Waals surface area contributed by atoms with Crippen molar-refractivity contribution in [1.82, 2.24) is 10.2 Å². The summed E-state index contributed by atoms with van der Waals surface area (Å²) in [5.41, 5.74) is -0.994. The smallest absolute Gasteiger partial charge is 0.329 e. The quantitative estimate of drug-likeness (QED) is 0.831. The van der Waals surface area contributed by atoms with Crippen molar-refractivity contribution in [3.05, 3.63) is 0 Å². The van der Waals surface area contributed by atoms with E-state index in [2.05, 4.69) is 5.32 Å². The molecule has 108 valence electrons. The molecule has 0 spiro atoms. The zero-order chi connectivity index (χ0) is 13.9. The minimum atomic E-state index is -0.994. The van der Waals surface area contributed by atoms with Crippen molar-refractivity contribution in [3.8, 4) is 0 Å². The van der Waals surface area contributed by atoms with Gasteiger partial charge >= 0.3 is 12.0 Å². The molecule has 0 bridgehead atoms. The summed E-state index contributed by atoms with van der Waals surface area (Å²) in [5, 5.41) is 12.5. The highest BCUT2D eigenvalue weighted by molar-refractivity contribution is 7.99. The van der Waals surface area contributed by atoms with Crippen LogP contribution in [0.25, 0.3) is 0 Å². The van der Waals surface area contributed by atoms with E-state index >= 15 is 0 Å². The lowest BCUT2D eigenvalue weighted by atomic mass is 9.93. The first kappa shape index (κ1) is 14.5. The number of hydrogen-bond donors (Lipinski definition) is 2. The second kappa shape index (κ2) is 6.03. The van der Waals surface area contributed by atoms with Crippen LogP contribution < -0.4 is 5.32 Å². The number of carboxylic acid groups (broad SMARTS) is 1. The van der Waals surface area contributed by atoms with Gasteiger partial charge in [0.25, 0.3) is 0 Å². The second-order valence-electron chi connectivity index (χ2n) is 5.31. The van der Waals surface area contributed by atoms with Crippen molar-refractivity contribution < 1.29 is 14.7 Å². The average Bonchev–Trinajstić information content (AvgIpc) is 2.85. The first-order chi connectivity index (χ1) is 9.10. The third-order valence-corrected chi connectivity index (χ3v) is 5.42. The van der Waals surface area contributed by atoms with Crippen molar-refractivity contribution in [2.75, 3.05) is 18.1 Å². The number of thioether (sulfide) groups is 1. The van der Waals surface area contributed by atoms with E-state index < -0.39 is 11.5 Å². The van der Waals surface area contributed by atoms with Crippen LogP contribution in [0.15, 0.2) is 0 Å². The molecule has 6 heteroatoms. The minimum Gasteiger partial charge on any atom is -0.479 e. The maximum absolute atomic E-state index is 12.3. The molecular formula is C13H22N2O3S. The molecule has 2 atom stereocenters. The average molecular weight is 286 g/mol. The molecule has 19 heavy (non-hydrogen) atoms. The number of carbonyl (C=O) groups is 2. The molecule has 2 rings (SSSR count). The zero-order valence-electron chi connectivity index (χ0n) is 11.4. The largest absolute Gasteiger partial charge is 0.479 e. The lowest BCUT2D eigenvalue weighted by molar-refractivity contribution is -0.148. The summed E-state index contributed by atoms with van der Waals surface area (Å²) in [7, 11) is 0. The summed E-state index contributed by atoms with van der Waals surface area (Å²) >= 11 is 1.85. The highest BCUT2D eigenvalue weighted by Gasteiger charge is 2.48. The predicted octanol–water partition coefficient (Wildman–Crippen LogP) is 1.92. The van der Waals surface area contributed by atoms with E-state index in [0.717, 1.165) is 30.8 Å². The molecule has 5 nitrogen and oxygen atoms in total. The first-order valence-electron chi connectivity index (χ1n) is 6.99. The first-order valence-corrected chi connectivity index (χ1v) is 8.15. The predicted molar refractivity (Wildman–Crippen MR) is 75.5 cm³/mol. The van der Waals surface area contributed by atoms with Crippen LogP contribution in [0, 0.1) is 0 Å². The molecule has 2 heterocycles. The van der Waals surface area contributed by atoms with Crippen molar-refractivity contribution in [1.29, 1.82) is 0 Å². The van der Waals surface area contributed by atoms with Crippen LogP contribution in [0.5, 0.6) is 0 Å². The van der Waals surface area contributed by atoms with Gasteiger partial charge in [-0.15, -0.1) is 0 Å². The van der Waals surface area contributed by atoms with Gasteiger partial charge in [-0.1, -0.05) is 6.92 Å². The minimum absolute atomic E-state index is 0.190. The van der Waals surface area contributed by atoms with Gasteiger partial charge in [-0.05, 0) is 37.9 Å². The molecule has 0 saturated carbocycles. The monoisotopic (exact) mass is 286 g/mol. The Morgan fingerprint density at radius 2 is 2.26 bits per heavy atom. The normalized spacial score (nSPS) is 31.2. The maximum Gasteiger partial charge on any atom is 0.329 e. The number of amides is 2. The number of hydrogen-bond acceptors (Lipinski definition) is 3. The van der Waals surface area contributed by atoms with Crippen molar-refractivity contribution in [2.45, 2.75) is 50.6 Å². The van der Waals surface area contributed by atoms with Gasteiger partial charge in [0.1, 0.15) is 5.54 Å². The van der Waals surface area contributed by atoms with Crippen LogP contribution in [0.4, 0.5) is 4.79 Å². The Balaban J connectivity index is 2.02. The number of carboxylic acids is 1. The van der Waals surface area contributed by atoms with Gasteiger partial charge in [0.2, 0.25) is 0 Å². The highest BCUT2D eigenvalue weighted by Crippen LogP contribution is 2.33. The number of aliphatic carboxylic acids is 1. The molecule has 2 saturated heterocycles. The topological polar surface area (TPSA) is 69.6 Å². The fraction of sp³-hybridized carbons (Fsp3) is 0.846. The van der Waals surface area contributed by atoms with E-state index in [1.54, 1.807) is 0 Å². The number of likely N-dealkylation sites (tertiary alicyclic amines) is 1. The number of urea groups is 1. The van der Waals surface area contributed by atoms with Crippen LogP contribution in [0.1, 0.15) is 39.0 Å². The molecule has 0 aliphatic carbocycles. The van der Waals surface area contributed by atoms with E-state index in [1.807, 2.05) is 18.7 Å². The molecule has 2 fully saturated rings. The van der Waals surface area contributed by atoms with Gasteiger partial charge in [-0.25, -0.2) is 9.59 Å². The highest BCUT2D eigenvalue weighted by atomic mass is 32.2. The maximum atomic E-state index is 12.3. The number of nitrogens with one attached hydrogen (secondary N) is 1. The molecule has 2 unspecified atom stereocenters. The van der Waals surface area contributed by atoms with E-state index in [4.69, 9.17) is 0 Å². The van der Waals surface area contributed by atoms with Crippen LogP contribution in [0.3, 0.4) is 0 Å². The van der Waals surface area contributed by atoms with Crippen molar-refractivity contribution in [2.24, 2.45) is 0 Å². The van der Waals surface area contributed by atoms with Crippen LogP contribution in [-0.4, -0.2) is 51.6 Å². The van der Waals surface area contributed by atoms with E-state index in [1.165, 1.54) is 4.90 Å². The third-order valence-electron chi connectivity index (χ3n) is 4.20. The summed E-state index contributed by atoms with van der Waals surface area (Å²) in [6, 6.07) is -0.00977. The molecular weight excluding hydrogens is 264 g/mol. The fourth-order valence-electron chi connectivity index (χ4n) is 3.02. The Morgan fingerprint density at radius 3 is 2.84 bits per heavy atom. The van der Waals surface area contributed by atoms with Crippen LogP contribution in [-0.2, 0) is 4.79 Å². The molecule has 0 aromatic carbocycles. The zero-order valence-corrected chi connectivity index (χ0v) is 12.2. The second-order valence-corrected chi connectivity index (χ2v) is 6.46. The van der Waals surface area contributed by atoms with E-state index in [-0.39, 0.29) is 12.1 Å². The van der Waals surface area contributed by atoms with E-state index in [9.17, 15) is 14.7 Å². The van der Waals surface area contributed by atoms with Gasteiger partial charge in [0.05, 0.1) is 0 Å². The van der Waals surface area contributed by atoms with Crippen molar-refractivity contribution in [3.63, 3.8) is 0 Å². The van der Waals surface area contributed by atoms with Crippen LogP contribution in [0.2, 0.25) is 0 Å². The number of nitrogens with zero attached hydrogens (tertiary/aromatic N) is 1. The van der Waals surface area contributed by atoms with Gasteiger partial charge in [0, 0.05) is 18.3 Å². The summed E-state index contributed by atoms with van der Waals surface area (Å²) in [6.45, 7) is 2.39. The lowest BCUT2D eigenvalue weighted by Gasteiger charge is -2.35. The lowest BCUT2D eigenvalue weighted by Crippen LogP contribution is -2.57. The van der Waals surface area contributed by atoms with E-state index in [0.29, 0.717) is 19.4 Å². The molecule has 0 aromatic heterocycles. The Morgan fingerprint density at radius 1 is 1.47 bits per heavy atom. The molecule has 0 aromatic rings. The van der Waals surface area contributed by atoms with Gasteiger partial charge in [-0.3, -0.25) is 0 Å². The molecule has 2 aliphatic heterocycles. The Hall–Kier alpha value is -0.910. The molecule has 0 radical (unpaired) electrons. The summed E-state index contributed by atoms with van der Waals surface area (Å²) in [6.07, 6.45) is 3.92. The Kier molecular flexibility index (Phi) is 4.60. The van der Waals surface area contributed by atoms with Crippen molar-refractivity contribution >= 4 is 23.8 Å². The number of carbonyl (C=O) groups excluding carboxylic acids is 1. The molecule has 2 aliphatic rings. The van der Waals surface area contributed by atoms with Gasteiger partial charge in [-0.2, -0.15) is 11.8 Å². The summed E-state index contributed by atoms with van der Waals surface area (Å²) < 4.78 is 0. The summed E-state index contributed by atoms with van der Waals surface area (Å²) in [4.78, 5) is 25.4. The SMILES string of the molecule is CCC1(C(=O)O)CCCN1C(=O)NC1CCCSC1. The Bertz CT molecular complexity index is 358. The summed E-state index contributed by atoms with van der Waals surface area (Å²) in [5.74, 6) is 1.22. The molecule has 2 amide bonds. The third kappa shape index (κ3) is 2.83. The van der Waals surface area contributed by atoms with Crippen LogP contribution >= 0.6 is 11.8 Å². The molecule has 2 N–H and O–H groups in total. The van der Waals surface area contributed by atoms with Gasteiger partial charge < -0.3 is 15.3 Å². The van der Waals surface area contributed by atoms with Gasteiger partial charge in [0.15, 0.2) is 0 Å². The Labute approximate surface area is 118 Å². The fourth-order valence-corrected chi connectivity index (χ4v) is 4.09.